The summed E-state index contributed by atoms with van der Waals surface area (Å²) in [5.41, 5.74) is 2.97. The summed E-state index contributed by atoms with van der Waals surface area (Å²) in [6.07, 6.45) is 9.74. The van der Waals surface area contributed by atoms with E-state index < -0.39 is 0 Å². The minimum Gasteiger partial charge on any atom is -0.339 e. The lowest BCUT2D eigenvalue weighted by Crippen LogP contribution is -2.44. The van der Waals surface area contributed by atoms with Crippen molar-refractivity contribution in [1.82, 2.24) is 19.8 Å². The van der Waals surface area contributed by atoms with E-state index in [0.717, 1.165) is 48.5 Å². The number of rotatable bonds is 3. The van der Waals surface area contributed by atoms with E-state index in [-0.39, 0.29) is 17.2 Å². The molecule has 5 rings (SSSR count). The molecule has 4 heterocycles. The van der Waals surface area contributed by atoms with E-state index in [4.69, 9.17) is 0 Å². The number of carbonyl (C=O) groups excluding carboxylic acids is 2. The first kappa shape index (κ1) is 24.1. The number of amides is 2. The highest BCUT2D eigenvalue weighted by Gasteiger charge is 2.43. The Balaban J connectivity index is 1.21. The standard InChI is InChI=1S/C29H28N4O2S/c1-36-26-25(8-5-14-31-26)28(35)32-15-11-29(12-16-32)13-17-33(21-29)27(34)24-18-23(19-30-20-24)10-9-22-6-3-2-4-7-22/h2-8,14,18-20H,11-13,15-17,21H2,1H3. The summed E-state index contributed by atoms with van der Waals surface area (Å²) in [7, 11) is 0. The molecule has 2 amide bonds. The van der Waals surface area contributed by atoms with Crippen LogP contribution in [0.2, 0.25) is 0 Å². The van der Waals surface area contributed by atoms with E-state index in [1.165, 1.54) is 11.8 Å². The van der Waals surface area contributed by atoms with E-state index in [1.807, 2.05) is 64.6 Å². The zero-order valence-corrected chi connectivity index (χ0v) is 21.1. The molecule has 1 spiro atoms. The number of pyridine rings is 2. The largest absolute Gasteiger partial charge is 0.339 e. The number of carbonyl (C=O) groups is 2. The van der Waals surface area contributed by atoms with Crippen molar-refractivity contribution in [3.05, 3.63) is 89.4 Å². The molecule has 0 saturated carbocycles. The lowest BCUT2D eigenvalue weighted by atomic mass is 9.77. The quantitative estimate of drug-likeness (QED) is 0.398. The van der Waals surface area contributed by atoms with Gasteiger partial charge in [0.25, 0.3) is 11.8 Å². The van der Waals surface area contributed by atoms with Gasteiger partial charge >= 0.3 is 0 Å². The first-order valence-electron chi connectivity index (χ1n) is 12.2. The molecule has 2 fully saturated rings. The van der Waals surface area contributed by atoms with Gasteiger partial charge in [0.15, 0.2) is 0 Å². The number of benzene rings is 1. The molecule has 7 heteroatoms. The van der Waals surface area contributed by atoms with Crippen molar-refractivity contribution < 1.29 is 9.59 Å². The molecule has 6 nitrogen and oxygen atoms in total. The smallest absolute Gasteiger partial charge is 0.256 e. The summed E-state index contributed by atoms with van der Waals surface area (Å²) >= 11 is 1.49. The molecule has 2 aliphatic heterocycles. The van der Waals surface area contributed by atoms with E-state index in [0.29, 0.717) is 24.2 Å². The first-order chi connectivity index (χ1) is 17.6. The Bertz CT molecular complexity index is 1320. The Morgan fingerprint density at radius 3 is 2.36 bits per heavy atom. The third-order valence-corrected chi connectivity index (χ3v) is 7.85. The second-order valence-corrected chi connectivity index (χ2v) is 10.2. The Labute approximate surface area is 216 Å². The van der Waals surface area contributed by atoms with Gasteiger partial charge in [0.2, 0.25) is 0 Å². The molecule has 36 heavy (non-hydrogen) atoms. The zero-order chi connectivity index (χ0) is 25.0. The summed E-state index contributed by atoms with van der Waals surface area (Å²) in [6, 6.07) is 15.3. The van der Waals surface area contributed by atoms with Crippen LogP contribution in [0.1, 0.15) is 51.1 Å². The maximum absolute atomic E-state index is 13.3. The second kappa shape index (κ2) is 10.5. The molecule has 2 aromatic heterocycles. The van der Waals surface area contributed by atoms with Crippen LogP contribution in [0.15, 0.2) is 72.1 Å². The van der Waals surface area contributed by atoms with Crippen LogP contribution in [0, 0.1) is 17.3 Å². The van der Waals surface area contributed by atoms with Crippen LogP contribution in [0.3, 0.4) is 0 Å². The monoisotopic (exact) mass is 496 g/mol. The summed E-state index contributed by atoms with van der Waals surface area (Å²) in [4.78, 5) is 38.9. The zero-order valence-electron chi connectivity index (χ0n) is 20.3. The second-order valence-electron chi connectivity index (χ2n) is 9.41. The fourth-order valence-corrected chi connectivity index (χ4v) is 5.60. The van der Waals surface area contributed by atoms with E-state index in [9.17, 15) is 9.59 Å². The summed E-state index contributed by atoms with van der Waals surface area (Å²) < 4.78 is 0. The van der Waals surface area contributed by atoms with Gasteiger partial charge in [-0.25, -0.2) is 4.98 Å². The number of aromatic nitrogens is 2. The first-order valence-corrected chi connectivity index (χ1v) is 13.4. The van der Waals surface area contributed by atoms with Gasteiger partial charge in [-0.2, -0.15) is 0 Å². The molecule has 2 saturated heterocycles. The van der Waals surface area contributed by atoms with Crippen molar-refractivity contribution in [3.8, 4) is 11.8 Å². The molecular weight excluding hydrogens is 468 g/mol. The third-order valence-electron chi connectivity index (χ3n) is 7.14. The van der Waals surface area contributed by atoms with Crippen LogP contribution >= 0.6 is 11.8 Å². The van der Waals surface area contributed by atoms with E-state index in [1.54, 1.807) is 18.6 Å². The van der Waals surface area contributed by atoms with Gasteiger partial charge in [0.1, 0.15) is 5.03 Å². The van der Waals surface area contributed by atoms with Crippen molar-refractivity contribution in [3.63, 3.8) is 0 Å². The maximum atomic E-state index is 13.3. The molecular formula is C29H28N4O2S. The average molecular weight is 497 g/mol. The van der Waals surface area contributed by atoms with E-state index >= 15 is 0 Å². The summed E-state index contributed by atoms with van der Waals surface area (Å²) in [6.45, 7) is 2.86. The van der Waals surface area contributed by atoms with Gasteiger partial charge < -0.3 is 9.80 Å². The molecule has 182 valence electrons. The number of thioether (sulfide) groups is 1. The van der Waals surface area contributed by atoms with Gasteiger partial charge in [0, 0.05) is 55.9 Å². The third kappa shape index (κ3) is 5.14. The van der Waals surface area contributed by atoms with Crippen LogP contribution in [0.25, 0.3) is 0 Å². The predicted molar refractivity (Wildman–Crippen MR) is 141 cm³/mol. The lowest BCUT2D eigenvalue weighted by Gasteiger charge is -2.39. The minimum atomic E-state index is 0.00112. The van der Waals surface area contributed by atoms with Crippen LogP contribution in [0.4, 0.5) is 0 Å². The van der Waals surface area contributed by atoms with Crippen LogP contribution in [-0.4, -0.2) is 64.0 Å². The number of hydrogen-bond acceptors (Lipinski definition) is 5. The Morgan fingerprint density at radius 1 is 0.889 bits per heavy atom. The van der Waals surface area contributed by atoms with Crippen LogP contribution in [0.5, 0.6) is 0 Å². The van der Waals surface area contributed by atoms with Gasteiger partial charge in [-0.1, -0.05) is 30.0 Å². The van der Waals surface area contributed by atoms with Crippen LogP contribution in [-0.2, 0) is 0 Å². The molecule has 0 unspecified atom stereocenters. The van der Waals surface area contributed by atoms with Crippen molar-refractivity contribution in [1.29, 1.82) is 0 Å². The summed E-state index contributed by atoms with van der Waals surface area (Å²) in [5, 5.41) is 0.768. The Kier molecular flexibility index (Phi) is 7.06. The van der Waals surface area contributed by atoms with Crippen molar-refractivity contribution in [2.75, 3.05) is 32.4 Å². The Hall–Kier alpha value is -3.63. The fraction of sp³-hybridized carbons (Fsp3) is 0.310. The SMILES string of the molecule is CSc1ncccc1C(=O)N1CCC2(CCN(C(=O)c3cncc(C#Cc4ccccc4)c3)C2)CC1. The molecule has 1 aromatic carbocycles. The highest BCUT2D eigenvalue weighted by atomic mass is 32.2. The Morgan fingerprint density at radius 2 is 1.61 bits per heavy atom. The molecule has 0 radical (unpaired) electrons. The topological polar surface area (TPSA) is 66.4 Å². The van der Waals surface area contributed by atoms with Gasteiger partial charge in [-0.3, -0.25) is 14.6 Å². The highest BCUT2D eigenvalue weighted by molar-refractivity contribution is 7.98. The van der Waals surface area contributed by atoms with Gasteiger partial charge in [-0.05, 0) is 61.3 Å². The number of piperidine rings is 1. The molecule has 0 atom stereocenters. The van der Waals surface area contributed by atoms with Crippen molar-refractivity contribution in [2.45, 2.75) is 24.3 Å². The minimum absolute atomic E-state index is 0.00112. The molecule has 0 aliphatic carbocycles. The fourth-order valence-electron chi connectivity index (χ4n) is 5.06. The highest BCUT2D eigenvalue weighted by Crippen LogP contribution is 2.41. The molecule has 3 aromatic rings. The number of hydrogen-bond donors (Lipinski definition) is 0. The lowest BCUT2D eigenvalue weighted by molar-refractivity contribution is 0.0562. The normalized spacial score (nSPS) is 16.5. The van der Waals surface area contributed by atoms with Gasteiger partial charge in [-0.15, -0.1) is 11.8 Å². The van der Waals surface area contributed by atoms with Crippen molar-refractivity contribution >= 4 is 23.6 Å². The molecule has 0 bridgehead atoms. The average Bonchev–Trinajstić information content (AvgIpc) is 3.35. The number of likely N-dealkylation sites (tertiary alicyclic amines) is 2. The number of nitrogens with zero attached hydrogens (tertiary/aromatic N) is 4. The molecule has 0 N–H and O–H groups in total. The van der Waals surface area contributed by atoms with E-state index in [2.05, 4.69) is 21.8 Å². The van der Waals surface area contributed by atoms with Crippen LogP contribution < -0.4 is 0 Å². The maximum Gasteiger partial charge on any atom is 0.256 e. The van der Waals surface area contributed by atoms with Crippen molar-refractivity contribution in [2.24, 2.45) is 5.41 Å². The predicted octanol–water partition coefficient (Wildman–Crippen LogP) is 4.37. The molecule has 2 aliphatic rings. The van der Waals surface area contributed by atoms with Gasteiger partial charge in [0.05, 0.1) is 11.1 Å². The summed E-state index contributed by atoms with van der Waals surface area (Å²) in [5.74, 6) is 6.29.